The number of benzene rings is 2. The van der Waals surface area contributed by atoms with E-state index in [1.54, 1.807) is 36.4 Å². The molecule has 0 aliphatic rings. The zero-order chi connectivity index (χ0) is 17.6. The summed E-state index contributed by atoms with van der Waals surface area (Å²) in [5.74, 6) is -0.484. The van der Waals surface area contributed by atoms with Gasteiger partial charge in [0.05, 0.1) is 4.88 Å². The van der Waals surface area contributed by atoms with Crippen molar-refractivity contribution in [3.05, 3.63) is 87.0 Å². The highest BCUT2D eigenvalue weighted by atomic mass is 79.9. The fourth-order valence-electron chi connectivity index (χ4n) is 2.26. The van der Waals surface area contributed by atoms with Crippen molar-refractivity contribution in [2.24, 2.45) is 0 Å². The Bertz CT molecular complexity index is 849. The van der Waals surface area contributed by atoms with Gasteiger partial charge >= 0.3 is 0 Å². The Hall–Kier alpha value is -2.44. The molecule has 25 heavy (non-hydrogen) atoms. The number of halogens is 1. The summed E-state index contributed by atoms with van der Waals surface area (Å²) in [4.78, 5) is 25.8. The summed E-state index contributed by atoms with van der Waals surface area (Å²) in [6.07, 6.45) is -0.863. The van der Waals surface area contributed by atoms with Crippen LogP contribution < -0.4 is 10.6 Å². The number of hydrogen-bond donors (Lipinski definition) is 2. The summed E-state index contributed by atoms with van der Waals surface area (Å²) >= 11 is 4.71. The van der Waals surface area contributed by atoms with Crippen LogP contribution in [0.3, 0.4) is 0 Å². The van der Waals surface area contributed by atoms with Crippen molar-refractivity contribution in [2.75, 3.05) is 5.32 Å². The number of nitrogens with one attached hydrogen (secondary N) is 2. The van der Waals surface area contributed by atoms with Gasteiger partial charge in [-0.1, -0.05) is 52.3 Å². The summed E-state index contributed by atoms with van der Waals surface area (Å²) in [7, 11) is 0. The molecule has 1 amide bonds. The van der Waals surface area contributed by atoms with Crippen molar-refractivity contribution in [1.82, 2.24) is 5.32 Å². The van der Waals surface area contributed by atoms with E-state index in [-0.39, 0.29) is 11.7 Å². The fourth-order valence-corrected chi connectivity index (χ4v) is 3.15. The third kappa shape index (κ3) is 4.55. The summed E-state index contributed by atoms with van der Waals surface area (Å²) < 4.78 is 0.937. The molecule has 0 aliphatic carbocycles. The normalized spacial score (nSPS) is 11.6. The molecule has 2 aromatic carbocycles. The summed E-state index contributed by atoms with van der Waals surface area (Å²) in [5, 5.41) is 7.70. The third-order valence-corrected chi connectivity index (χ3v) is 4.89. The number of hydrogen-bond acceptors (Lipinski definition) is 4. The molecule has 1 heterocycles. The van der Waals surface area contributed by atoms with Crippen LogP contribution in [-0.2, 0) is 0 Å². The molecule has 0 bridgehead atoms. The van der Waals surface area contributed by atoms with Gasteiger partial charge < -0.3 is 10.6 Å². The van der Waals surface area contributed by atoms with Crippen LogP contribution in [0.1, 0.15) is 20.0 Å². The van der Waals surface area contributed by atoms with Gasteiger partial charge in [0.2, 0.25) is 5.78 Å². The minimum atomic E-state index is -0.863. The molecule has 0 saturated heterocycles. The molecule has 6 heteroatoms. The highest BCUT2D eigenvalue weighted by Crippen LogP contribution is 2.16. The van der Waals surface area contributed by atoms with Crippen molar-refractivity contribution >= 4 is 44.6 Å². The number of amides is 1. The number of carbonyl (C=O) groups is 2. The van der Waals surface area contributed by atoms with Crippen molar-refractivity contribution in [2.45, 2.75) is 6.17 Å². The highest BCUT2D eigenvalue weighted by Gasteiger charge is 2.23. The van der Waals surface area contributed by atoms with E-state index in [4.69, 9.17) is 0 Å². The van der Waals surface area contributed by atoms with Crippen LogP contribution in [0, 0.1) is 0 Å². The lowest BCUT2D eigenvalue weighted by molar-refractivity contribution is 0.0872. The van der Waals surface area contributed by atoms with Crippen LogP contribution >= 0.6 is 27.3 Å². The Balaban J connectivity index is 1.83. The van der Waals surface area contributed by atoms with Gasteiger partial charge in [0.15, 0.2) is 6.17 Å². The van der Waals surface area contributed by atoms with Gasteiger partial charge in [0, 0.05) is 15.7 Å². The van der Waals surface area contributed by atoms with Crippen LogP contribution in [0.5, 0.6) is 0 Å². The van der Waals surface area contributed by atoms with Crippen LogP contribution in [0.4, 0.5) is 5.69 Å². The number of carbonyl (C=O) groups excluding carboxylic acids is 2. The van der Waals surface area contributed by atoms with Gasteiger partial charge in [0.1, 0.15) is 0 Å². The number of ketones is 1. The van der Waals surface area contributed by atoms with E-state index < -0.39 is 6.17 Å². The quantitative estimate of drug-likeness (QED) is 0.458. The molecule has 126 valence electrons. The Morgan fingerprint density at radius 3 is 2.28 bits per heavy atom. The van der Waals surface area contributed by atoms with E-state index in [9.17, 15) is 9.59 Å². The first-order valence-electron chi connectivity index (χ1n) is 7.59. The standard InChI is InChI=1S/C19H15BrN2O2S/c20-14-8-10-15(11-9-14)21-18(17(23)13-5-2-1-3-6-13)22-19(24)16-7-4-12-25-16/h1-12,18,21H,(H,22,24)/t18-/m0/s1. The van der Waals surface area contributed by atoms with E-state index in [0.29, 0.717) is 10.4 Å². The molecule has 0 radical (unpaired) electrons. The molecule has 0 unspecified atom stereocenters. The lowest BCUT2D eigenvalue weighted by Gasteiger charge is -2.20. The van der Waals surface area contributed by atoms with Crippen LogP contribution in [-0.4, -0.2) is 17.9 Å². The maximum Gasteiger partial charge on any atom is 0.263 e. The van der Waals surface area contributed by atoms with Crippen molar-refractivity contribution in [1.29, 1.82) is 0 Å². The lowest BCUT2D eigenvalue weighted by Crippen LogP contribution is -2.46. The Labute approximate surface area is 158 Å². The van der Waals surface area contributed by atoms with Crippen LogP contribution in [0.15, 0.2) is 76.6 Å². The van der Waals surface area contributed by atoms with Gasteiger partial charge in [0.25, 0.3) is 5.91 Å². The second-order valence-electron chi connectivity index (χ2n) is 5.27. The molecular formula is C19H15BrN2O2S. The average Bonchev–Trinajstić information content (AvgIpc) is 3.18. The molecule has 0 saturated carbocycles. The van der Waals surface area contributed by atoms with Gasteiger partial charge in [-0.3, -0.25) is 9.59 Å². The van der Waals surface area contributed by atoms with Crippen molar-refractivity contribution in [3.63, 3.8) is 0 Å². The molecule has 3 rings (SSSR count). The number of anilines is 1. The van der Waals surface area contributed by atoms with E-state index in [1.165, 1.54) is 11.3 Å². The maximum atomic E-state index is 12.8. The molecule has 0 aliphatic heterocycles. The largest absolute Gasteiger partial charge is 0.359 e. The fraction of sp³-hybridized carbons (Fsp3) is 0.0526. The first-order valence-corrected chi connectivity index (χ1v) is 9.26. The average molecular weight is 415 g/mol. The SMILES string of the molecule is O=C(N[C@H](Nc1ccc(Br)cc1)C(=O)c1ccccc1)c1cccs1. The molecule has 0 spiro atoms. The minimum Gasteiger partial charge on any atom is -0.359 e. The zero-order valence-corrected chi connectivity index (χ0v) is 15.5. The molecular weight excluding hydrogens is 400 g/mol. The second-order valence-corrected chi connectivity index (χ2v) is 7.13. The van der Waals surface area contributed by atoms with Crippen LogP contribution in [0.2, 0.25) is 0 Å². The van der Waals surface area contributed by atoms with Crippen molar-refractivity contribution in [3.8, 4) is 0 Å². The monoisotopic (exact) mass is 414 g/mol. The van der Waals surface area contributed by atoms with E-state index in [0.717, 1.165) is 10.2 Å². The van der Waals surface area contributed by atoms with E-state index in [1.807, 2.05) is 35.7 Å². The Morgan fingerprint density at radius 2 is 1.64 bits per heavy atom. The second kappa shape index (κ2) is 8.09. The van der Waals surface area contributed by atoms with Gasteiger partial charge in [-0.15, -0.1) is 11.3 Å². The lowest BCUT2D eigenvalue weighted by atomic mass is 10.1. The summed E-state index contributed by atoms with van der Waals surface area (Å²) in [6.45, 7) is 0. The molecule has 4 nitrogen and oxygen atoms in total. The number of rotatable bonds is 6. The minimum absolute atomic E-state index is 0.201. The number of thiophene rings is 1. The van der Waals surface area contributed by atoms with Gasteiger partial charge in [-0.05, 0) is 35.7 Å². The van der Waals surface area contributed by atoms with Gasteiger partial charge in [-0.25, -0.2) is 0 Å². The van der Waals surface area contributed by atoms with Crippen LogP contribution in [0.25, 0.3) is 0 Å². The molecule has 3 aromatic rings. The molecule has 1 atom stereocenters. The summed E-state index contributed by atoms with van der Waals surface area (Å²) in [6, 6.07) is 19.8. The Morgan fingerprint density at radius 1 is 0.920 bits per heavy atom. The third-order valence-electron chi connectivity index (χ3n) is 3.50. The maximum absolute atomic E-state index is 12.8. The molecule has 0 fully saturated rings. The number of Topliss-reactive ketones (excluding diaryl/α,β-unsaturated/α-hetero) is 1. The summed E-state index contributed by atoms with van der Waals surface area (Å²) in [5.41, 5.74) is 1.27. The molecule has 2 N–H and O–H groups in total. The van der Waals surface area contributed by atoms with Gasteiger partial charge in [-0.2, -0.15) is 0 Å². The zero-order valence-electron chi connectivity index (χ0n) is 13.1. The predicted octanol–water partition coefficient (Wildman–Crippen LogP) is 4.56. The van der Waals surface area contributed by atoms with Crippen molar-refractivity contribution < 1.29 is 9.59 Å². The topological polar surface area (TPSA) is 58.2 Å². The smallest absolute Gasteiger partial charge is 0.263 e. The Kier molecular flexibility index (Phi) is 5.63. The van der Waals surface area contributed by atoms with E-state index >= 15 is 0 Å². The first-order chi connectivity index (χ1) is 12.1. The molecule has 1 aromatic heterocycles. The predicted molar refractivity (Wildman–Crippen MR) is 104 cm³/mol. The highest BCUT2D eigenvalue weighted by molar-refractivity contribution is 9.10. The van der Waals surface area contributed by atoms with E-state index in [2.05, 4.69) is 26.6 Å². The first kappa shape index (κ1) is 17.4.